The molecule has 4 rings (SSSR count). The minimum absolute atomic E-state index is 0.127. The number of thiophene rings is 1. The van der Waals surface area contributed by atoms with Crippen LogP contribution >= 0.6 is 11.3 Å². The number of rotatable bonds is 1. The van der Waals surface area contributed by atoms with Gasteiger partial charge in [-0.3, -0.25) is 0 Å². The van der Waals surface area contributed by atoms with Crippen LogP contribution in [0.15, 0.2) is 23.8 Å². The Kier molecular flexibility index (Phi) is 3.15. The lowest BCUT2D eigenvalue weighted by Crippen LogP contribution is -2.46. The van der Waals surface area contributed by atoms with Crippen LogP contribution in [0, 0.1) is 5.82 Å². The fourth-order valence-electron chi connectivity index (χ4n) is 3.26. The standard InChI is InChI=1S/C15H16FN3OS/c16-12-9-17-14(18-10-12)19-5-3-15(4-6-19)13-11(1-7-20-15)2-8-21-13/h2,8-10H,1,3-7H2. The molecule has 0 radical (unpaired) electrons. The SMILES string of the molecule is Fc1cnc(N2CCC3(CC2)OCCc2ccsc23)nc1. The zero-order valence-electron chi connectivity index (χ0n) is 11.6. The summed E-state index contributed by atoms with van der Waals surface area (Å²) in [4.78, 5) is 11.6. The number of ether oxygens (including phenoxy) is 1. The number of piperidine rings is 1. The number of anilines is 1. The summed E-state index contributed by atoms with van der Waals surface area (Å²) in [6, 6.07) is 2.22. The zero-order valence-corrected chi connectivity index (χ0v) is 12.4. The molecule has 1 fully saturated rings. The van der Waals surface area contributed by atoms with Gasteiger partial charge in [-0.2, -0.15) is 0 Å². The molecular formula is C15H16FN3OS. The predicted molar refractivity (Wildman–Crippen MR) is 79.1 cm³/mol. The first-order chi connectivity index (χ1) is 10.3. The van der Waals surface area contributed by atoms with Crippen LogP contribution in [0.1, 0.15) is 23.3 Å². The van der Waals surface area contributed by atoms with E-state index in [0.717, 1.165) is 39.0 Å². The molecule has 2 aliphatic heterocycles. The van der Waals surface area contributed by atoms with Gasteiger partial charge in [-0.05, 0) is 36.3 Å². The highest BCUT2D eigenvalue weighted by Crippen LogP contribution is 2.44. The van der Waals surface area contributed by atoms with E-state index in [4.69, 9.17) is 4.74 Å². The summed E-state index contributed by atoms with van der Waals surface area (Å²) in [7, 11) is 0. The van der Waals surface area contributed by atoms with Gasteiger partial charge in [0.25, 0.3) is 0 Å². The van der Waals surface area contributed by atoms with Crippen molar-refractivity contribution in [1.29, 1.82) is 0 Å². The van der Waals surface area contributed by atoms with Gasteiger partial charge in [0.05, 0.1) is 19.0 Å². The Morgan fingerprint density at radius 1 is 1.24 bits per heavy atom. The summed E-state index contributed by atoms with van der Waals surface area (Å²) in [6.45, 7) is 2.47. The molecule has 6 heteroatoms. The molecule has 0 N–H and O–H groups in total. The first kappa shape index (κ1) is 13.2. The van der Waals surface area contributed by atoms with E-state index in [0.29, 0.717) is 5.95 Å². The molecule has 1 saturated heterocycles. The van der Waals surface area contributed by atoms with Crippen LogP contribution in [0.3, 0.4) is 0 Å². The van der Waals surface area contributed by atoms with Crippen molar-refractivity contribution < 1.29 is 9.13 Å². The third-order valence-electron chi connectivity index (χ3n) is 4.37. The van der Waals surface area contributed by atoms with E-state index < -0.39 is 5.82 Å². The van der Waals surface area contributed by atoms with Gasteiger partial charge in [-0.15, -0.1) is 11.3 Å². The van der Waals surface area contributed by atoms with Gasteiger partial charge in [0.15, 0.2) is 5.82 Å². The second kappa shape index (κ2) is 5.03. The molecular weight excluding hydrogens is 289 g/mol. The number of halogens is 1. The van der Waals surface area contributed by atoms with Gasteiger partial charge in [-0.25, -0.2) is 14.4 Å². The van der Waals surface area contributed by atoms with Gasteiger partial charge in [0, 0.05) is 18.0 Å². The lowest BCUT2D eigenvalue weighted by atomic mass is 9.85. The summed E-state index contributed by atoms with van der Waals surface area (Å²) >= 11 is 1.81. The molecule has 0 aromatic carbocycles. The van der Waals surface area contributed by atoms with E-state index in [1.807, 2.05) is 0 Å². The summed E-state index contributed by atoms with van der Waals surface area (Å²) in [5, 5.41) is 2.16. The highest BCUT2D eigenvalue weighted by Gasteiger charge is 2.42. The molecule has 0 amide bonds. The normalized spacial score (nSPS) is 20.5. The quantitative estimate of drug-likeness (QED) is 0.812. The average molecular weight is 305 g/mol. The minimum atomic E-state index is -0.397. The Hall–Kier alpha value is -1.53. The molecule has 0 saturated carbocycles. The zero-order chi connectivity index (χ0) is 14.3. The number of hydrogen-bond donors (Lipinski definition) is 0. The molecule has 110 valence electrons. The number of aromatic nitrogens is 2. The van der Waals surface area contributed by atoms with E-state index in [9.17, 15) is 4.39 Å². The molecule has 0 bridgehead atoms. The molecule has 21 heavy (non-hydrogen) atoms. The molecule has 2 aliphatic rings. The van der Waals surface area contributed by atoms with Crippen LogP contribution in [-0.2, 0) is 16.8 Å². The molecule has 2 aromatic rings. The van der Waals surface area contributed by atoms with Crippen LogP contribution in [0.2, 0.25) is 0 Å². The van der Waals surface area contributed by atoms with Crippen molar-refractivity contribution in [2.24, 2.45) is 0 Å². The highest BCUT2D eigenvalue weighted by atomic mass is 32.1. The Balaban J connectivity index is 1.54. The topological polar surface area (TPSA) is 38.2 Å². The Bertz CT molecular complexity index is 635. The third-order valence-corrected chi connectivity index (χ3v) is 5.51. The van der Waals surface area contributed by atoms with E-state index in [1.165, 1.54) is 22.8 Å². The molecule has 2 aromatic heterocycles. The largest absolute Gasteiger partial charge is 0.369 e. The van der Waals surface area contributed by atoms with E-state index in [-0.39, 0.29) is 5.60 Å². The predicted octanol–water partition coefficient (Wildman–Crippen LogP) is 2.75. The second-order valence-corrected chi connectivity index (χ2v) is 6.47. The first-order valence-electron chi connectivity index (χ1n) is 7.20. The molecule has 0 aliphatic carbocycles. The maximum atomic E-state index is 12.9. The van der Waals surface area contributed by atoms with Crippen LogP contribution in [-0.4, -0.2) is 29.7 Å². The maximum absolute atomic E-state index is 12.9. The number of hydrogen-bond acceptors (Lipinski definition) is 5. The summed E-state index contributed by atoms with van der Waals surface area (Å²) in [5.74, 6) is 0.208. The van der Waals surface area contributed by atoms with Gasteiger partial charge in [0.1, 0.15) is 5.60 Å². The van der Waals surface area contributed by atoms with Crippen molar-refractivity contribution in [3.8, 4) is 0 Å². The molecule has 1 spiro atoms. The van der Waals surface area contributed by atoms with Crippen LogP contribution in [0.5, 0.6) is 0 Å². The van der Waals surface area contributed by atoms with Crippen molar-refractivity contribution in [2.75, 3.05) is 24.6 Å². The van der Waals surface area contributed by atoms with Crippen molar-refractivity contribution >= 4 is 17.3 Å². The molecule has 4 heterocycles. The highest BCUT2D eigenvalue weighted by molar-refractivity contribution is 7.10. The van der Waals surface area contributed by atoms with Crippen molar-refractivity contribution in [3.05, 3.63) is 40.1 Å². The minimum Gasteiger partial charge on any atom is -0.369 e. The smallest absolute Gasteiger partial charge is 0.225 e. The first-order valence-corrected chi connectivity index (χ1v) is 8.08. The Morgan fingerprint density at radius 3 is 2.76 bits per heavy atom. The van der Waals surface area contributed by atoms with Crippen LogP contribution < -0.4 is 4.90 Å². The van der Waals surface area contributed by atoms with Gasteiger partial charge >= 0.3 is 0 Å². The van der Waals surface area contributed by atoms with E-state index >= 15 is 0 Å². The summed E-state index contributed by atoms with van der Waals surface area (Å²) in [5.41, 5.74) is 1.32. The second-order valence-electron chi connectivity index (χ2n) is 5.56. The van der Waals surface area contributed by atoms with Gasteiger partial charge < -0.3 is 9.64 Å². The van der Waals surface area contributed by atoms with E-state index in [2.05, 4.69) is 26.3 Å². The average Bonchev–Trinajstić information content (AvgIpc) is 3.00. The molecule has 0 atom stereocenters. The third kappa shape index (κ3) is 2.22. The van der Waals surface area contributed by atoms with Gasteiger partial charge in [0.2, 0.25) is 5.95 Å². The Labute approximate surface area is 126 Å². The number of fused-ring (bicyclic) bond motifs is 2. The number of nitrogens with zero attached hydrogens (tertiary/aromatic N) is 3. The van der Waals surface area contributed by atoms with Crippen LogP contribution in [0.25, 0.3) is 0 Å². The fraction of sp³-hybridized carbons (Fsp3) is 0.467. The maximum Gasteiger partial charge on any atom is 0.225 e. The van der Waals surface area contributed by atoms with Crippen LogP contribution in [0.4, 0.5) is 10.3 Å². The van der Waals surface area contributed by atoms with Crippen molar-refractivity contribution in [2.45, 2.75) is 24.9 Å². The lowest BCUT2D eigenvalue weighted by molar-refractivity contribution is -0.0736. The lowest BCUT2D eigenvalue weighted by Gasteiger charge is -2.43. The monoisotopic (exact) mass is 305 g/mol. The fourth-order valence-corrected chi connectivity index (χ4v) is 4.43. The molecule has 0 unspecified atom stereocenters. The van der Waals surface area contributed by atoms with Crippen molar-refractivity contribution in [3.63, 3.8) is 0 Å². The van der Waals surface area contributed by atoms with Crippen molar-refractivity contribution in [1.82, 2.24) is 9.97 Å². The molecule has 4 nitrogen and oxygen atoms in total. The Morgan fingerprint density at radius 2 is 2.00 bits per heavy atom. The van der Waals surface area contributed by atoms with Gasteiger partial charge in [-0.1, -0.05) is 0 Å². The van der Waals surface area contributed by atoms with E-state index in [1.54, 1.807) is 11.3 Å². The summed E-state index contributed by atoms with van der Waals surface area (Å²) < 4.78 is 19.1. The summed E-state index contributed by atoms with van der Waals surface area (Å²) in [6.07, 6.45) is 5.33.